The van der Waals surface area contributed by atoms with Gasteiger partial charge in [0.25, 0.3) is 0 Å². The van der Waals surface area contributed by atoms with E-state index in [1.807, 2.05) is 32.0 Å². The molecule has 0 aliphatic carbocycles. The Balaban J connectivity index is 1.53. The van der Waals surface area contributed by atoms with Gasteiger partial charge in [0.15, 0.2) is 5.78 Å². The number of carbonyl (C=O) groups excluding carboxylic acids is 2. The third-order valence-corrected chi connectivity index (χ3v) is 7.18. The number of carbonyl (C=O) groups is 2. The van der Waals surface area contributed by atoms with Crippen LogP contribution in [0.5, 0.6) is 5.75 Å². The van der Waals surface area contributed by atoms with Crippen LogP contribution in [0.2, 0.25) is 0 Å². The van der Waals surface area contributed by atoms with Gasteiger partial charge in [0.2, 0.25) is 5.91 Å². The molecule has 1 amide bonds. The molecule has 3 aliphatic rings. The molecule has 0 radical (unpaired) electrons. The molecule has 0 aromatic heterocycles. The quantitative estimate of drug-likeness (QED) is 0.464. The zero-order valence-corrected chi connectivity index (χ0v) is 21.0. The van der Waals surface area contributed by atoms with Crippen LogP contribution in [0, 0.1) is 0 Å². The molecule has 4 unspecified atom stereocenters. The summed E-state index contributed by atoms with van der Waals surface area (Å²) in [5, 5.41) is 8.70. The van der Waals surface area contributed by atoms with Crippen molar-refractivity contribution < 1.29 is 14.3 Å². The van der Waals surface area contributed by atoms with E-state index in [0.29, 0.717) is 24.5 Å². The van der Waals surface area contributed by atoms with E-state index >= 15 is 0 Å². The highest BCUT2D eigenvalue weighted by Crippen LogP contribution is 2.31. The number of nitrogens with one attached hydrogen (secondary N) is 3. The average molecular weight is 473 g/mol. The summed E-state index contributed by atoms with van der Waals surface area (Å²) in [6.07, 6.45) is 1.58. The van der Waals surface area contributed by atoms with Gasteiger partial charge >= 0.3 is 0 Å². The van der Waals surface area contributed by atoms with Crippen molar-refractivity contribution in [2.24, 2.45) is 0 Å². The van der Waals surface area contributed by atoms with Crippen molar-refractivity contribution in [3.8, 4) is 5.75 Å². The van der Waals surface area contributed by atoms with Gasteiger partial charge in [-0.05, 0) is 45.0 Å². The average Bonchev–Trinajstić information content (AvgIpc) is 3.15. The van der Waals surface area contributed by atoms with Crippen molar-refractivity contribution in [3.05, 3.63) is 29.3 Å². The van der Waals surface area contributed by atoms with Crippen molar-refractivity contribution in [1.82, 2.24) is 30.9 Å². The number of ketones is 1. The first-order valence-electron chi connectivity index (χ1n) is 12.8. The van der Waals surface area contributed by atoms with Gasteiger partial charge in [-0.3, -0.25) is 19.8 Å². The molecule has 3 heterocycles. The monoisotopic (exact) mass is 472 g/mol. The molecule has 9 nitrogen and oxygen atoms in total. The van der Waals surface area contributed by atoms with Gasteiger partial charge in [-0.25, -0.2) is 10.4 Å². The predicted octanol–water partition coefficient (Wildman–Crippen LogP) is 1.33. The van der Waals surface area contributed by atoms with Gasteiger partial charge in [0.1, 0.15) is 18.0 Å². The van der Waals surface area contributed by atoms with Crippen LogP contribution in [0.1, 0.15) is 62.6 Å². The third kappa shape index (κ3) is 5.28. The maximum atomic E-state index is 13.2. The number of ether oxygens (including phenoxy) is 1. The van der Waals surface area contributed by atoms with Crippen LogP contribution in [0.4, 0.5) is 0 Å². The van der Waals surface area contributed by atoms with Crippen LogP contribution in [0.25, 0.3) is 0 Å². The minimum atomic E-state index is -0.461. The number of amides is 1. The van der Waals surface area contributed by atoms with E-state index in [4.69, 9.17) is 4.74 Å². The van der Waals surface area contributed by atoms with E-state index in [2.05, 4.69) is 44.7 Å². The normalized spacial score (nSPS) is 28.5. The first-order valence-corrected chi connectivity index (χ1v) is 12.8. The molecule has 4 atom stereocenters. The van der Waals surface area contributed by atoms with Gasteiger partial charge in [-0.1, -0.05) is 20.3 Å². The van der Waals surface area contributed by atoms with Crippen molar-refractivity contribution in [1.29, 1.82) is 0 Å². The Labute approximate surface area is 203 Å². The molecule has 3 saturated heterocycles. The number of nitrogens with zero attached hydrogens (tertiary/aromatic N) is 3. The summed E-state index contributed by atoms with van der Waals surface area (Å²) in [4.78, 5) is 30.9. The van der Waals surface area contributed by atoms with Crippen LogP contribution in [0.15, 0.2) is 18.2 Å². The number of rotatable bonds is 9. The van der Waals surface area contributed by atoms with Crippen LogP contribution in [0.3, 0.4) is 0 Å². The minimum Gasteiger partial charge on any atom is -0.493 e. The molecular formula is C25H40N6O3. The molecule has 34 heavy (non-hydrogen) atoms. The van der Waals surface area contributed by atoms with Crippen molar-refractivity contribution in [2.75, 3.05) is 45.9 Å². The summed E-state index contributed by atoms with van der Waals surface area (Å²) in [5.41, 5.74) is 4.95. The van der Waals surface area contributed by atoms with Crippen molar-refractivity contribution in [3.63, 3.8) is 0 Å². The van der Waals surface area contributed by atoms with E-state index in [1.54, 1.807) is 0 Å². The SMILES string of the molecule is CCCC1NC(C)C2C(=O)NC(c3cc(C(=O)CN4CCN(CC)CC4)ccc3OCC)NN12. The second-order valence-electron chi connectivity index (χ2n) is 9.50. The summed E-state index contributed by atoms with van der Waals surface area (Å²) in [7, 11) is 0. The van der Waals surface area contributed by atoms with Gasteiger partial charge in [-0.15, -0.1) is 0 Å². The van der Waals surface area contributed by atoms with Crippen molar-refractivity contribution >= 4 is 11.7 Å². The fraction of sp³-hybridized carbons (Fsp3) is 0.680. The molecule has 0 spiro atoms. The summed E-state index contributed by atoms with van der Waals surface area (Å²) < 4.78 is 5.89. The molecule has 0 saturated carbocycles. The lowest BCUT2D eigenvalue weighted by Crippen LogP contribution is -2.64. The summed E-state index contributed by atoms with van der Waals surface area (Å²) >= 11 is 0. The number of piperazine rings is 1. The molecule has 3 N–H and O–H groups in total. The van der Waals surface area contributed by atoms with Crippen LogP contribution in [-0.2, 0) is 4.79 Å². The Morgan fingerprint density at radius 3 is 2.53 bits per heavy atom. The Morgan fingerprint density at radius 1 is 1.12 bits per heavy atom. The molecule has 9 heteroatoms. The molecule has 0 bridgehead atoms. The number of hydrazine groups is 1. The second-order valence-corrected chi connectivity index (χ2v) is 9.50. The fourth-order valence-electron chi connectivity index (χ4n) is 5.28. The Bertz CT molecular complexity index is 872. The largest absolute Gasteiger partial charge is 0.493 e. The molecule has 188 valence electrons. The topological polar surface area (TPSA) is 89.2 Å². The number of benzene rings is 1. The molecule has 3 fully saturated rings. The molecule has 1 aromatic rings. The van der Waals surface area contributed by atoms with E-state index < -0.39 is 6.17 Å². The highest BCUT2D eigenvalue weighted by Gasteiger charge is 2.47. The second kappa shape index (κ2) is 11.1. The van der Waals surface area contributed by atoms with Gasteiger partial charge in [-0.2, -0.15) is 0 Å². The number of likely N-dealkylation sites (N-methyl/N-ethyl adjacent to an activating group) is 1. The maximum absolute atomic E-state index is 13.2. The fourth-order valence-corrected chi connectivity index (χ4v) is 5.28. The highest BCUT2D eigenvalue weighted by molar-refractivity contribution is 5.98. The van der Waals surface area contributed by atoms with E-state index in [-0.39, 0.29) is 29.9 Å². The minimum absolute atomic E-state index is 0.0182. The molecule has 4 rings (SSSR count). The van der Waals surface area contributed by atoms with Crippen LogP contribution < -0.4 is 20.8 Å². The number of fused-ring (bicyclic) bond motifs is 1. The molecule has 1 aromatic carbocycles. The number of hydrogen-bond donors (Lipinski definition) is 3. The molecule has 3 aliphatic heterocycles. The predicted molar refractivity (Wildman–Crippen MR) is 131 cm³/mol. The van der Waals surface area contributed by atoms with Gasteiger partial charge in [0, 0.05) is 43.3 Å². The third-order valence-electron chi connectivity index (χ3n) is 7.18. The standard InChI is InChI=1S/C25H40N6O3/c1-5-8-22-26-17(4)23-25(33)27-24(28-31(22)23)19-15-18(9-10-21(19)34-7-3)20(32)16-30-13-11-29(6-2)12-14-30/h9-10,15,17,22-24,26,28H,5-8,11-14,16H2,1-4H3,(H,27,33). The first kappa shape index (κ1) is 25.1. The number of hydrogen-bond acceptors (Lipinski definition) is 8. The lowest BCUT2D eigenvalue weighted by atomic mass is 10.0. The lowest BCUT2D eigenvalue weighted by molar-refractivity contribution is -0.134. The maximum Gasteiger partial charge on any atom is 0.241 e. The summed E-state index contributed by atoms with van der Waals surface area (Å²) in [6.45, 7) is 14.1. The summed E-state index contributed by atoms with van der Waals surface area (Å²) in [5.74, 6) is 0.754. The smallest absolute Gasteiger partial charge is 0.241 e. The molecular weight excluding hydrogens is 432 g/mol. The van der Waals surface area contributed by atoms with E-state index in [9.17, 15) is 9.59 Å². The van der Waals surface area contributed by atoms with E-state index in [1.165, 1.54) is 0 Å². The Hall–Kier alpha value is -2.04. The van der Waals surface area contributed by atoms with Crippen LogP contribution >= 0.6 is 0 Å². The van der Waals surface area contributed by atoms with E-state index in [0.717, 1.165) is 51.1 Å². The number of Topliss-reactive ketones (excluding diaryl/α,β-unsaturated/α-hetero) is 1. The van der Waals surface area contributed by atoms with Crippen LogP contribution in [-0.4, -0.2) is 90.6 Å². The lowest BCUT2D eigenvalue weighted by Gasteiger charge is -2.39. The van der Waals surface area contributed by atoms with Gasteiger partial charge in [0.05, 0.1) is 19.3 Å². The Morgan fingerprint density at radius 2 is 1.85 bits per heavy atom. The zero-order chi connectivity index (χ0) is 24.2. The van der Waals surface area contributed by atoms with Gasteiger partial charge < -0.3 is 15.0 Å². The highest BCUT2D eigenvalue weighted by atomic mass is 16.5. The summed E-state index contributed by atoms with van der Waals surface area (Å²) in [6, 6.07) is 5.36. The zero-order valence-electron chi connectivity index (χ0n) is 21.0. The first-order chi connectivity index (χ1) is 16.4. The Kier molecular flexibility index (Phi) is 8.21. The van der Waals surface area contributed by atoms with Crippen molar-refractivity contribution in [2.45, 2.75) is 65.0 Å².